The van der Waals surface area contributed by atoms with Gasteiger partial charge in [0, 0.05) is 5.56 Å². The van der Waals surface area contributed by atoms with Crippen LogP contribution in [0.25, 0.3) is 0 Å². The first-order valence-corrected chi connectivity index (χ1v) is 6.06. The molecule has 1 heterocycles. The van der Waals surface area contributed by atoms with E-state index in [0.29, 0.717) is 0 Å². The monoisotopic (exact) mass is 308 g/mol. The quantitative estimate of drug-likeness (QED) is 0.746. The molecule has 0 amide bonds. The average molecular weight is 308 g/mol. The number of benzene rings is 1. The Kier molecular flexibility index (Phi) is 2.68. The van der Waals surface area contributed by atoms with Crippen LogP contribution in [0.15, 0.2) is 17.0 Å². The zero-order valence-electron chi connectivity index (χ0n) is 8.60. The summed E-state index contributed by atoms with van der Waals surface area (Å²) >= 11 is 0. The number of fused-ring (bicyclic) bond motifs is 1. The first kappa shape index (κ1) is 14.1. The van der Waals surface area contributed by atoms with E-state index in [9.17, 15) is 39.2 Å². The maximum atomic E-state index is 13.3. The summed E-state index contributed by atoms with van der Waals surface area (Å²) in [5.41, 5.74) is -3.79. The molecule has 10 heteroatoms. The maximum absolute atomic E-state index is 13.3. The molecule has 0 atom stereocenters. The smallest absolute Gasteiger partial charge is 0.217 e. The van der Waals surface area contributed by atoms with Gasteiger partial charge in [-0.1, -0.05) is 0 Å². The van der Waals surface area contributed by atoms with Gasteiger partial charge in [-0.15, -0.1) is 0 Å². The normalized spacial score (nSPS) is 22.5. The van der Waals surface area contributed by atoms with Gasteiger partial charge >= 0.3 is 11.2 Å². The van der Waals surface area contributed by atoms with Crippen LogP contribution < -0.4 is 0 Å². The number of hydrogen-bond donors (Lipinski definition) is 0. The van der Waals surface area contributed by atoms with Crippen LogP contribution in [-0.4, -0.2) is 13.7 Å². The standard InChI is InChI=1S/C9H3F7O2S/c10-4-2-1-3-6(5(4)7(11)12)19(17,18)9(15,16)8(3,13)14/h1-2,7H. The van der Waals surface area contributed by atoms with Gasteiger partial charge in [0.2, 0.25) is 0 Å². The van der Waals surface area contributed by atoms with Gasteiger partial charge in [0.15, 0.2) is 0 Å². The van der Waals surface area contributed by atoms with E-state index in [1.807, 2.05) is 0 Å². The molecule has 0 fully saturated rings. The van der Waals surface area contributed by atoms with Crippen molar-refractivity contribution in [3.05, 3.63) is 29.1 Å². The summed E-state index contributed by atoms with van der Waals surface area (Å²) in [5.74, 6) is -7.04. The predicted octanol–water partition coefficient (Wildman–Crippen LogP) is 3.24. The molecule has 0 spiro atoms. The van der Waals surface area contributed by atoms with E-state index in [4.69, 9.17) is 0 Å². The molecule has 2 nitrogen and oxygen atoms in total. The van der Waals surface area contributed by atoms with Gasteiger partial charge in [-0.3, -0.25) is 0 Å². The molecule has 1 aromatic rings. The Hall–Kier alpha value is -1.32. The van der Waals surface area contributed by atoms with E-state index < -0.39 is 49.3 Å². The summed E-state index contributed by atoms with van der Waals surface area (Å²) in [6.07, 6.45) is -3.82. The van der Waals surface area contributed by atoms with Gasteiger partial charge < -0.3 is 0 Å². The molecule has 0 saturated heterocycles. The van der Waals surface area contributed by atoms with Gasteiger partial charge in [-0.25, -0.2) is 21.6 Å². The third-order valence-corrected chi connectivity index (χ3v) is 4.58. The second-order valence-corrected chi connectivity index (χ2v) is 5.66. The van der Waals surface area contributed by atoms with Crippen LogP contribution in [-0.2, 0) is 15.8 Å². The average Bonchev–Trinajstić information content (AvgIpc) is 2.35. The summed E-state index contributed by atoms with van der Waals surface area (Å²) in [6, 6.07) is 0.167. The lowest BCUT2D eigenvalue weighted by Gasteiger charge is -2.16. The Balaban J connectivity index is 2.99. The zero-order valence-corrected chi connectivity index (χ0v) is 9.42. The molecule has 19 heavy (non-hydrogen) atoms. The van der Waals surface area contributed by atoms with Gasteiger partial charge in [-0.05, 0) is 12.1 Å². The first-order valence-electron chi connectivity index (χ1n) is 4.57. The fourth-order valence-electron chi connectivity index (χ4n) is 1.77. The second kappa shape index (κ2) is 3.62. The van der Waals surface area contributed by atoms with Crippen molar-refractivity contribution in [2.45, 2.75) is 22.5 Å². The molecular weight excluding hydrogens is 305 g/mol. The van der Waals surface area contributed by atoms with Crippen molar-refractivity contribution < 1.29 is 39.2 Å². The van der Waals surface area contributed by atoms with Crippen LogP contribution in [0.4, 0.5) is 30.7 Å². The third kappa shape index (κ3) is 1.46. The van der Waals surface area contributed by atoms with Crippen LogP contribution in [0.1, 0.15) is 17.6 Å². The summed E-state index contributed by atoms with van der Waals surface area (Å²) in [4.78, 5) is -2.03. The second-order valence-electron chi connectivity index (χ2n) is 3.73. The van der Waals surface area contributed by atoms with Crippen LogP contribution in [0, 0.1) is 5.82 Å². The first-order chi connectivity index (χ1) is 8.46. The topological polar surface area (TPSA) is 34.1 Å². The minimum absolute atomic E-state index is 0.0645. The van der Waals surface area contributed by atoms with Gasteiger partial charge in [0.25, 0.3) is 16.3 Å². The highest BCUT2D eigenvalue weighted by Gasteiger charge is 2.74. The third-order valence-electron chi connectivity index (χ3n) is 2.67. The number of hydrogen-bond acceptors (Lipinski definition) is 2. The Labute approximate surface area is 101 Å². The van der Waals surface area contributed by atoms with Crippen LogP contribution in [0.3, 0.4) is 0 Å². The van der Waals surface area contributed by atoms with E-state index in [-0.39, 0.29) is 12.1 Å². The van der Waals surface area contributed by atoms with E-state index >= 15 is 0 Å². The van der Waals surface area contributed by atoms with Crippen molar-refractivity contribution in [2.75, 3.05) is 0 Å². The molecule has 0 bridgehead atoms. The molecule has 1 aliphatic rings. The van der Waals surface area contributed by atoms with Crippen molar-refractivity contribution in [1.29, 1.82) is 0 Å². The van der Waals surface area contributed by atoms with Crippen molar-refractivity contribution >= 4 is 9.84 Å². The van der Waals surface area contributed by atoms with Crippen LogP contribution >= 0.6 is 0 Å². The van der Waals surface area contributed by atoms with Crippen molar-refractivity contribution in [1.82, 2.24) is 0 Å². The van der Waals surface area contributed by atoms with E-state index in [1.54, 1.807) is 0 Å². The molecule has 0 saturated carbocycles. The molecule has 0 N–H and O–H groups in total. The molecule has 0 aromatic heterocycles. The van der Waals surface area contributed by atoms with Gasteiger partial charge in [0.05, 0.1) is 10.5 Å². The van der Waals surface area contributed by atoms with E-state index in [0.717, 1.165) is 0 Å². The molecule has 0 aliphatic carbocycles. The number of rotatable bonds is 1. The fraction of sp³-hybridized carbons (Fsp3) is 0.333. The summed E-state index contributed by atoms with van der Waals surface area (Å²) < 4.78 is 114. The Morgan fingerprint density at radius 2 is 1.58 bits per heavy atom. The lowest BCUT2D eigenvalue weighted by Crippen LogP contribution is -2.38. The van der Waals surface area contributed by atoms with Crippen LogP contribution in [0.5, 0.6) is 0 Å². The predicted molar refractivity (Wildman–Crippen MR) is 47.4 cm³/mol. The summed E-state index contributed by atoms with van der Waals surface area (Å²) in [6.45, 7) is 0. The molecule has 2 rings (SSSR count). The summed E-state index contributed by atoms with van der Waals surface area (Å²) in [7, 11) is -6.09. The lowest BCUT2D eigenvalue weighted by atomic mass is 10.1. The number of alkyl halides is 6. The molecule has 0 radical (unpaired) electrons. The molecule has 1 aromatic carbocycles. The highest BCUT2D eigenvalue weighted by atomic mass is 32.2. The molecule has 0 unspecified atom stereocenters. The largest absolute Gasteiger partial charge is 0.415 e. The highest BCUT2D eigenvalue weighted by Crippen LogP contribution is 2.58. The Bertz CT molecular complexity index is 651. The zero-order chi connectivity index (χ0) is 14.8. The molecule has 1 aliphatic heterocycles. The molecule has 106 valence electrons. The Morgan fingerprint density at radius 1 is 1.05 bits per heavy atom. The van der Waals surface area contributed by atoms with Gasteiger partial charge in [0.1, 0.15) is 5.82 Å². The minimum atomic E-state index is -6.09. The maximum Gasteiger partial charge on any atom is 0.415 e. The van der Waals surface area contributed by atoms with Crippen LogP contribution in [0.2, 0.25) is 0 Å². The fourth-order valence-corrected chi connectivity index (χ4v) is 3.43. The minimum Gasteiger partial charge on any atom is -0.217 e. The van der Waals surface area contributed by atoms with Gasteiger partial charge in [-0.2, -0.15) is 17.6 Å². The number of halogens is 7. The Morgan fingerprint density at radius 3 is 2.05 bits per heavy atom. The summed E-state index contributed by atoms with van der Waals surface area (Å²) in [5, 5.41) is -5.60. The number of sulfone groups is 1. The SMILES string of the molecule is O=S1(=O)c2c(ccc(F)c2C(F)F)C(F)(F)C1(F)F. The van der Waals surface area contributed by atoms with E-state index in [2.05, 4.69) is 0 Å². The molecular formula is C9H3F7O2S. The van der Waals surface area contributed by atoms with Crippen molar-refractivity contribution in [3.63, 3.8) is 0 Å². The van der Waals surface area contributed by atoms with Crippen molar-refractivity contribution in [3.8, 4) is 0 Å². The highest BCUT2D eigenvalue weighted by molar-refractivity contribution is 7.93. The lowest BCUT2D eigenvalue weighted by molar-refractivity contribution is -0.158. The van der Waals surface area contributed by atoms with E-state index in [1.165, 1.54) is 0 Å². The van der Waals surface area contributed by atoms with Crippen molar-refractivity contribution in [2.24, 2.45) is 0 Å².